The fourth-order valence-corrected chi connectivity index (χ4v) is 4.49. The molecule has 1 atom stereocenters. The van der Waals surface area contributed by atoms with Gasteiger partial charge in [0.15, 0.2) is 6.17 Å². The molecule has 2 fully saturated rings. The number of anilines is 2. The number of nitrogens with two attached hydrogens (primary N) is 1. The van der Waals surface area contributed by atoms with Gasteiger partial charge in [-0.25, -0.2) is 14.0 Å². The molecule has 1 saturated heterocycles. The first-order valence-corrected chi connectivity index (χ1v) is 11.9. The van der Waals surface area contributed by atoms with Gasteiger partial charge in [-0.2, -0.15) is 0 Å². The Bertz CT molecular complexity index is 1080. The van der Waals surface area contributed by atoms with Crippen LogP contribution in [0.1, 0.15) is 25.7 Å². The van der Waals surface area contributed by atoms with E-state index in [2.05, 4.69) is 16.0 Å². The van der Waals surface area contributed by atoms with Gasteiger partial charge in [-0.1, -0.05) is 17.7 Å². The van der Waals surface area contributed by atoms with Gasteiger partial charge in [-0.15, -0.1) is 0 Å². The van der Waals surface area contributed by atoms with Crippen LogP contribution in [0.5, 0.6) is 0 Å². The van der Waals surface area contributed by atoms with Gasteiger partial charge in [-0.05, 0) is 68.1 Å². The summed E-state index contributed by atoms with van der Waals surface area (Å²) >= 11 is 5.91. The van der Waals surface area contributed by atoms with Crippen LogP contribution in [0.15, 0.2) is 48.5 Å². The van der Waals surface area contributed by atoms with E-state index in [0.717, 1.165) is 25.7 Å². The predicted molar refractivity (Wildman–Crippen MR) is 131 cm³/mol. The van der Waals surface area contributed by atoms with E-state index in [1.54, 1.807) is 30.3 Å². The number of amides is 5. The van der Waals surface area contributed by atoms with Crippen LogP contribution in [-0.2, 0) is 4.79 Å². The van der Waals surface area contributed by atoms with Crippen LogP contribution >= 0.6 is 11.6 Å². The Balaban J connectivity index is 1.51. The van der Waals surface area contributed by atoms with Gasteiger partial charge in [0.2, 0.25) is 0 Å². The molecule has 2 aromatic rings. The van der Waals surface area contributed by atoms with Crippen LogP contribution in [0.25, 0.3) is 0 Å². The highest BCUT2D eigenvalue weighted by Crippen LogP contribution is 2.22. The number of nitrogens with zero attached hydrogens (tertiary/aromatic N) is 2. The molecule has 1 aliphatic carbocycles. The first-order valence-electron chi connectivity index (χ1n) is 11.5. The molecule has 0 aromatic heterocycles. The lowest BCUT2D eigenvalue weighted by Crippen LogP contribution is -2.57. The predicted octanol–water partition coefficient (Wildman–Crippen LogP) is 3.57. The largest absolute Gasteiger partial charge is 0.350 e. The summed E-state index contributed by atoms with van der Waals surface area (Å²) in [5, 5.41) is 8.86. The van der Waals surface area contributed by atoms with E-state index in [9.17, 15) is 18.8 Å². The van der Waals surface area contributed by atoms with Gasteiger partial charge >= 0.3 is 12.1 Å². The van der Waals surface area contributed by atoms with E-state index < -0.39 is 30.0 Å². The number of halogens is 2. The number of rotatable bonds is 4. The Kier molecular flexibility index (Phi) is 7.72. The molecule has 2 aliphatic rings. The Morgan fingerprint density at radius 3 is 2.09 bits per heavy atom. The van der Waals surface area contributed by atoms with Crippen molar-refractivity contribution in [1.29, 1.82) is 0 Å². The zero-order chi connectivity index (χ0) is 24.9. The van der Waals surface area contributed by atoms with Crippen molar-refractivity contribution < 1.29 is 18.8 Å². The molecule has 1 saturated carbocycles. The Labute approximate surface area is 207 Å². The van der Waals surface area contributed by atoms with E-state index in [0.29, 0.717) is 10.7 Å². The standard InChI is InChI=1S/C24H28ClFN6O3/c25-15-4-8-19(9-5-15)29-23(34)31-12-13-32(24(35)30-20-3-1-2-16(26)14-20)22(31)21(33)28-18-10-6-17(27)7-11-18/h1-5,8-9,14,17-18,22H,6-7,10-13,27H2,(H,28,33)(H,29,34)(H,30,35). The minimum absolute atomic E-state index is 0.0859. The molecular formula is C24H28ClFN6O3. The molecule has 5 amide bonds. The van der Waals surface area contributed by atoms with E-state index >= 15 is 0 Å². The van der Waals surface area contributed by atoms with Crippen LogP contribution in [0.2, 0.25) is 5.02 Å². The van der Waals surface area contributed by atoms with Crippen molar-refractivity contribution in [1.82, 2.24) is 15.1 Å². The summed E-state index contributed by atoms with van der Waals surface area (Å²) in [4.78, 5) is 42.1. The molecule has 9 nitrogen and oxygen atoms in total. The van der Waals surface area contributed by atoms with Gasteiger partial charge in [0.05, 0.1) is 0 Å². The average molecular weight is 503 g/mol. The number of hydrogen-bond acceptors (Lipinski definition) is 4. The highest BCUT2D eigenvalue weighted by Gasteiger charge is 2.43. The minimum atomic E-state index is -1.17. The van der Waals surface area contributed by atoms with Crippen molar-refractivity contribution in [3.63, 3.8) is 0 Å². The summed E-state index contributed by atoms with van der Waals surface area (Å²) in [6.45, 7) is 0.270. The van der Waals surface area contributed by atoms with Crippen LogP contribution in [0.3, 0.4) is 0 Å². The fraction of sp³-hybridized carbons (Fsp3) is 0.375. The van der Waals surface area contributed by atoms with E-state index in [1.807, 2.05) is 0 Å². The summed E-state index contributed by atoms with van der Waals surface area (Å²) < 4.78 is 13.6. The number of benzene rings is 2. The summed E-state index contributed by atoms with van der Waals surface area (Å²) in [6.07, 6.45) is 1.87. The van der Waals surface area contributed by atoms with Gasteiger partial charge in [0.1, 0.15) is 5.82 Å². The lowest BCUT2D eigenvalue weighted by Gasteiger charge is -2.32. The van der Waals surface area contributed by atoms with Crippen molar-refractivity contribution in [2.75, 3.05) is 23.7 Å². The number of carbonyl (C=O) groups excluding carboxylic acids is 3. The monoisotopic (exact) mass is 502 g/mol. The minimum Gasteiger partial charge on any atom is -0.350 e. The van der Waals surface area contributed by atoms with Gasteiger partial charge in [0, 0.05) is 41.6 Å². The molecule has 0 spiro atoms. The van der Waals surface area contributed by atoms with E-state index in [-0.39, 0.29) is 30.9 Å². The van der Waals surface area contributed by atoms with Crippen molar-refractivity contribution >= 4 is 40.9 Å². The van der Waals surface area contributed by atoms with E-state index in [1.165, 1.54) is 28.0 Å². The third-order valence-corrected chi connectivity index (χ3v) is 6.47. The Morgan fingerprint density at radius 1 is 0.886 bits per heavy atom. The number of nitrogens with one attached hydrogen (secondary N) is 3. The van der Waals surface area contributed by atoms with Crippen molar-refractivity contribution in [2.24, 2.45) is 5.73 Å². The topological polar surface area (TPSA) is 120 Å². The molecule has 4 rings (SSSR count). The average Bonchev–Trinajstić information content (AvgIpc) is 3.28. The third kappa shape index (κ3) is 6.20. The van der Waals surface area contributed by atoms with Crippen LogP contribution in [0, 0.1) is 5.82 Å². The first kappa shape index (κ1) is 24.7. The van der Waals surface area contributed by atoms with Crippen molar-refractivity contribution in [2.45, 2.75) is 43.9 Å². The maximum Gasteiger partial charge on any atom is 0.323 e. The number of urea groups is 2. The van der Waals surface area contributed by atoms with Gasteiger partial charge in [0.25, 0.3) is 5.91 Å². The highest BCUT2D eigenvalue weighted by atomic mass is 35.5. The van der Waals surface area contributed by atoms with Crippen LogP contribution < -0.4 is 21.7 Å². The molecule has 2 aromatic carbocycles. The molecular weight excluding hydrogens is 475 g/mol. The smallest absolute Gasteiger partial charge is 0.323 e. The third-order valence-electron chi connectivity index (χ3n) is 6.22. The van der Waals surface area contributed by atoms with E-state index in [4.69, 9.17) is 17.3 Å². The quantitative estimate of drug-likeness (QED) is 0.511. The molecule has 186 valence electrons. The molecule has 0 radical (unpaired) electrons. The zero-order valence-corrected chi connectivity index (χ0v) is 19.8. The summed E-state index contributed by atoms with van der Waals surface area (Å²) in [6, 6.07) is 10.9. The Morgan fingerprint density at radius 2 is 1.49 bits per heavy atom. The van der Waals surface area contributed by atoms with Gasteiger partial charge < -0.3 is 21.7 Å². The zero-order valence-electron chi connectivity index (χ0n) is 19.0. The first-order chi connectivity index (χ1) is 16.8. The summed E-state index contributed by atoms with van der Waals surface area (Å²) in [5.41, 5.74) is 6.72. The molecule has 1 aliphatic heterocycles. The van der Waals surface area contributed by atoms with Crippen molar-refractivity contribution in [3.8, 4) is 0 Å². The van der Waals surface area contributed by atoms with Crippen molar-refractivity contribution in [3.05, 3.63) is 59.4 Å². The summed E-state index contributed by atoms with van der Waals surface area (Å²) in [5.74, 6) is -0.957. The van der Waals surface area contributed by atoms with Gasteiger partial charge in [-0.3, -0.25) is 14.6 Å². The molecule has 5 N–H and O–H groups in total. The molecule has 1 unspecified atom stereocenters. The molecule has 1 heterocycles. The lowest BCUT2D eigenvalue weighted by molar-refractivity contribution is -0.128. The number of hydrogen-bond donors (Lipinski definition) is 4. The van der Waals surface area contributed by atoms with Crippen LogP contribution in [0.4, 0.5) is 25.4 Å². The second-order valence-corrected chi connectivity index (χ2v) is 9.19. The molecule has 0 bridgehead atoms. The van der Waals surface area contributed by atoms with Crippen LogP contribution in [-0.4, -0.2) is 59.1 Å². The maximum absolute atomic E-state index is 13.6. The second kappa shape index (κ2) is 10.9. The molecule has 11 heteroatoms. The lowest BCUT2D eigenvalue weighted by atomic mass is 9.92. The highest BCUT2D eigenvalue weighted by molar-refractivity contribution is 6.30. The summed E-state index contributed by atoms with van der Waals surface area (Å²) in [7, 11) is 0. The maximum atomic E-state index is 13.6. The SMILES string of the molecule is NC1CCC(NC(=O)C2N(C(=O)Nc3ccc(Cl)cc3)CCN2C(=O)Nc2cccc(F)c2)CC1. The molecule has 35 heavy (non-hydrogen) atoms. The number of carbonyl (C=O) groups is 3. The Hall–Kier alpha value is -3.37. The second-order valence-electron chi connectivity index (χ2n) is 8.76. The normalized spacial score (nSPS) is 22.0. The fourth-order valence-electron chi connectivity index (χ4n) is 4.37.